The molecule has 3 saturated carbocycles. The van der Waals surface area contributed by atoms with Crippen LogP contribution in [-0.2, 0) is 24.0 Å². The number of hydrogen-bond donors (Lipinski definition) is 3. The summed E-state index contributed by atoms with van der Waals surface area (Å²) in [6.45, 7) is 10.4. The molecule has 0 bridgehead atoms. The van der Waals surface area contributed by atoms with E-state index >= 15 is 0 Å². The van der Waals surface area contributed by atoms with Gasteiger partial charge < -0.3 is 25.1 Å². The van der Waals surface area contributed by atoms with E-state index in [0.717, 1.165) is 50.7 Å². The first-order valence-electron chi connectivity index (χ1n) is 16.0. The van der Waals surface area contributed by atoms with Gasteiger partial charge in [-0.2, -0.15) is 0 Å². The number of ketones is 1. The number of amides is 1. The molecule has 1 saturated heterocycles. The van der Waals surface area contributed by atoms with Gasteiger partial charge in [-0.25, -0.2) is 0 Å². The van der Waals surface area contributed by atoms with Gasteiger partial charge in [0.15, 0.2) is 12.4 Å². The van der Waals surface area contributed by atoms with Gasteiger partial charge in [0.05, 0.1) is 17.7 Å². The lowest BCUT2D eigenvalue weighted by atomic mass is 9.46. The lowest BCUT2D eigenvalue weighted by Gasteiger charge is -2.59. The zero-order valence-corrected chi connectivity index (χ0v) is 26.0. The van der Waals surface area contributed by atoms with Gasteiger partial charge in [-0.15, -0.1) is 0 Å². The number of hydrogen-bond acceptors (Lipinski definition) is 7. The van der Waals surface area contributed by atoms with Crippen LogP contribution in [0.1, 0.15) is 105 Å². The molecule has 8 atom stereocenters. The number of nitrogens with zero attached hydrogens (tertiary/aromatic N) is 1. The molecule has 5 rings (SSSR count). The molecule has 5 aliphatic rings. The van der Waals surface area contributed by atoms with E-state index in [-0.39, 0.29) is 47.1 Å². The maximum atomic E-state index is 12.7. The molecule has 1 heterocycles. The number of Topliss-reactive ketones (excluding diaryl/α,β-unsaturated/α-hetero) is 1. The summed E-state index contributed by atoms with van der Waals surface area (Å²) < 4.78 is 5.77. The third kappa shape index (κ3) is 5.56. The van der Waals surface area contributed by atoms with Crippen molar-refractivity contribution in [1.82, 2.24) is 5.32 Å². The van der Waals surface area contributed by atoms with Gasteiger partial charge in [0.1, 0.15) is 5.60 Å². The highest BCUT2D eigenvalue weighted by Gasteiger charge is 2.65. The Bertz CT molecular complexity index is 1160. The standard InChI is InChI=1S/C33H50N2O7/c1-20(36)33(40)14-10-26-24-7-6-22-16-23(8-12-31(22,4)25(24)9-13-32(26,33)5)35-42-19-28(37)34-27(17-29(38)39)21-11-15-41-30(2,3)18-21/h16,21,24-27,40H,6-15,17-19H2,1-5H3,(H,34,37)(H,38,39)/b35-23+/t21?,24-,25+,26+,27?,31+,32+,33+/m1/s1. The minimum Gasteiger partial charge on any atom is -0.481 e. The van der Waals surface area contributed by atoms with Crippen LogP contribution in [0, 0.1) is 34.5 Å². The highest BCUT2D eigenvalue weighted by atomic mass is 16.6. The van der Waals surface area contributed by atoms with Crippen LogP contribution in [0.25, 0.3) is 0 Å². The van der Waals surface area contributed by atoms with E-state index < -0.39 is 17.6 Å². The number of aliphatic hydroxyl groups is 1. The fourth-order valence-electron chi connectivity index (χ4n) is 9.81. The Labute approximate surface area is 249 Å². The third-order valence-corrected chi connectivity index (χ3v) is 12.1. The Kier molecular flexibility index (Phi) is 8.42. The van der Waals surface area contributed by atoms with Gasteiger partial charge in [0, 0.05) is 18.1 Å². The number of nitrogens with one attached hydrogen (secondary N) is 1. The molecule has 2 unspecified atom stereocenters. The van der Waals surface area contributed by atoms with Crippen molar-refractivity contribution >= 4 is 23.4 Å². The second kappa shape index (κ2) is 11.3. The monoisotopic (exact) mass is 586 g/mol. The molecule has 4 fully saturated rings. The maximum absolute atomic E-state index is 12.7. The molecule has 0 aromatic heterocycles. The van der Waals surface area contributed by atoms with Gasteiger partial charge in [0.2, 0.25) is 0 Å². The van der Waals surface area contributed by atoms with Crippen molar-refractivity contribution in [3.63, 3.8) is 0 Å². The molecule has 0 aromatic rings. The SMILES string of the molecule is CC(=O)[C@@]1(O)CC[C@H]2[C@@H]3CCC4=C/C(=N/OCC(=O)NC(CC(=O)O)C5CCOC(C)(C)C5)CC[C@]4(C)[C@H]3CC[C@@]21C. The van der Waals surface area contributed by atoms with Crippen molar-refractivity contribution in [1.29, 1.82) is 0 Å². The number of ether oxygens (including phenoxy) is 1. The van der Waals surface area contributed by atoms with Gasteiger partial charge >= 0.3 is 5.97 Å². The normalized spacial score (nSPS) is 40.6. The first-order valence-corrected chi connectivity index (χ1v) is 16.0. The summed E-state index contributed by atoms with van der Waals surface area (Å²) >= 11 is 0. The van der Waals surface area contributed by atoms with E-state index in [2.05, 4.69) is 30.4 Å². The Hall–Kier alpha value is -2.26. The van der Waals surface area contributed by atoms with Gasteiger partial charge in [-0.1, -0.05) is 24.6 Å². The Morgan fingerprint density at radius 2 is 1.81 bits per heavy atom. The highest BCUT2D eigenvalue weighted by Crippen LogP contribution is 2.67. The number of allylic oxidation sites excluding steroid dienone is 2. The number of carboxylic acids is 1. The average Bonchev–Trinajstić information content (AvgIpc) is 3.19. The molecule has 0 aromatic carbocycles. The second-order valence-electron chi connectivity index (χ2n) is 14.9. The van der Waals surface area contributed by atoms with Crippen LogP contribution in [0.3, 0.4) is 0 Å². The largest absolute Gasteiger partial charge is 0.481 e. The lowest BCUT2D eigenvalue weighted by molar-refractivity contribution is -0.159. The highest BCUT2D eigenvalue weighted by molar-refractivity contribution is 5.96. The minimum absolute atomic E-state index is 0.0224. The van der Waals surface area contributed by atoms with Crippen molar-refractivity contribution < 1.29 is 34.2 Å². The van der Waals surface area contributed by atoms with Crippen LogP contribution in [0.5, 0.6) is 0 Å². The molecule has 9 nitrogen and oxygen atoms in total. The summed E-state index contributed by atoms with van der Waals surface area (Å²) in [5.74, 6) is 0.0492. The zero-order chi connectivity index (χ0) is 30.5. The first-order chi connectivity index (χ1) is 19.7. The quantitative estimate of drug-likeness (QED) is 0.348. The molecular weight excluding hydrogens is 536 g/mol. The van der Waals surface area contributed by atoms with Crippen molar-refractivity contribution in [3.8, 4) is 0 Å². The maximum Gasteiger partial charge on any atom is 0.305 e. The fourth-order valence-corrected chi connectivity index (χ4v) is 9.81. The molecule has 4 aliphatic carbocycles. The predicted octanol–water partition coefficient (Wildman–Crippen LogP) is 4.81. The Morgan fingerprint density at radius 3 is 2.50 bits per heavy atom. The van der Waals surface area contributed by atoms with E-state index in [0.29, 0.717) is 43.6 Å². The average molecular weight is 587 g/mol. The molecule has 234 valence electrons. The van der Waals surface area contributed by atoms with Gasteiger partial charge in [-0.3, -0.25) is 14.4 Å². The van der Waals surface area contributed by atoms with Crippen LogP contribution >= 0.6 is 0 Å². The fraction of sp³-hybridized carbons (Fsp3) is 0.818. The Morgan fingerprint density at radius 1 is 1.07 bits per heavy atom. The number of carbonyl (C=O) groups excluding carboxylic acids is 2. The second-order valence-corrected chi connectivity index (χ2v) is 14.9. The number of carbonyl (C=O) groups is 3. The van der Waals surface area contributed by atoms with E-state index in [1.165, 1.54) is 5.57 Å². The van der Waals surface area contributed by atoms with E-state index in [9.17, 15) is 24.6 Å². The first kappa shape index (κ1) is 31.2. The summed E-state index contributed by atoms with van der Waals surface area (Å²) in [5, 5.41) is 28.0. The van der Waals surface area contributed by atoms with Crippen LogP contribution in [0.4, 0.5) is 0 Å². The predicted molar refractivity (Wildman–Crippen MR) is 158 cm³/mol. The molecule has 1 amide bonds. The van der Waals surface area contributed by atoms with Crippen molar-refractivity contribution in [2.24, 2.45) is 39.7 Å². The summed E-state index contributed by atoms with van der Waals surface area (Å²) in [4.78, 5) is 42.2. The van der Waals surface area contributed by atoms with Crippen molar-refractivity contribution in [2.45, 2.75) is 122 Å². The molecule has 9 heteroatoms. The van der Waals surface area contributed by atoms with E-state index in [1.807, 2.05) is 13.8 Å². The summed E-state index contributed by atoms with van der Waals surface area (Å²) in [6, 6.07) is -0.481. The van der Waals surface area contributed by atoms with Crippen LogP contribution < -0.4 is 5.32 Å². The minimum atomic E-state index is -1.19. The van der Waals surface area contributed by atoms with Crippen molar-refractivity contribution in [2.75, 3.05) is 13.2 Å². The lowest BCUT2D eigenvalue weighted by Crippen LogP contribution is -2.57. The van der Waals surface area contributed by atoms with E-state index in [1.54, 1.807) is 6.92 Å². The van der Waals surface area contributed by atoms with Crippen LogP contribution in [-0.4, -0.2) is 64.0 Å². The summed E-state index contributed by atoms with van der Waals surface area (Å²) in [7, 11) is 0. The summed E-state index contributed by atoms with van der Waals surface area (Å²) in [6.07, 6.45) is 10.6. The number of aliphatic carboxylic acids is 1. The van der Waals surface area contributed by atoms with Crippen LogP contribution in [0.15, 0.2) is 16.8 Å². The number of rotatable bonds is 8. The molecule has 0 radical (unpaired) electrons. The molecule has 3 N–H and O–H groups in total. The number of carboxylic acid groups (broad SMARTS) is 1. The van der Waals surface area contributed by atoms with Gasteiger partial charge in [0.25, 0.3) is 5.91 Å². The molecule has 1 aliphatic heterocycles. The van der Waals surface area contributed by atoms with Crippen molar-refractivity contribution in [3.05, 3.63) is 11.6 Å². The number of oxime groups is 1. The van der Waals surface area contributed by atoms with E-state index in [4.69, 9.17) is 9.57 Å². The zero-order valence-electron chi connectivity index (χ0n) is 26.0. The summed E-state index contributed by atoms with van der Waals surface area (Å²) in [5.41, 5.74) is 0.437. The van der Waals surface area contributed by atoms with Crippen LogP contribution in [0.2, 0.25) is 0 Å². The topological polar surface area (TPSA) is 135 Å². The Balaban J connectivity index is 1.20. The smallest absolute Gasteiger partial charge is 0.305 e. The molecular formula is C33H50N2O7. The molecule has 0 spiro atoms. The molecule has 42 heavy (non-hydrogen) atoms. The number of fused-ring (bicyclic) bond motifs is 5. The third-order valence-electron chi connectivity index (χ3n) is 12.1. The van der Waals surface area contributed by atoms with Gasteiger partial charge in [-0.05, 0) is 120 Å².